The van der Waals surface area contributed by atoms with E-state index >= 15 is 0 Å². The van der Waals surface area contributed by atoms with Gasteiger partial charge in [-0.25, -0.2) is 9.97 Å². The Bertz CT molecular complexity index is 476. The van der Waals surface area contributed by atoms with Crippen LogP contribution < -0.4 is 5.32 Å². The molecule has 1 saturated heterocycles. The molecule has 2 rings (SSSR count). The van der Waals surface area contributed by atoms with Gasteiger partial charge in [0.05, 0.1) is 12.2 Å². The summed E-state index contributed by atoms with van der Waals surface area (Å²) in [6.07, 6.45) is 0.678. The second kappa shape index (κ2) is 6.85. The molecule has 1 aliphatic rings. The first kappa shape index (κ1) is 15.7. The third-order valence-electron chi connectivity index (χ3n) is 3.38. The Morgan fingerprint density at radius 1 is 1.33 bits per heavy atom. The van der Waals surface area contributed by atoms with Crippen LogP contribution >= 0.6 is 0 Å². The zero-order valence-corrected chi connectivity index (χ0v) is 13.2. The minimum absolute atomic E-state index is 0.109. The van der Waals surface area contributed by atoms with Crippen molar-refractivity contribution in [1.82, 2.24) is 14.9 Å². The predicted molar refractivity (Wildman–Crippen MR) is 81.2 cm³/mol. The lowest BCUT2D eigenvalue weighted by Gasteiger charge is -2.35. The van der Waals surface area contributed by atoms with E-state index in [1.165, 1.54) is 0 Å². The quantitative estimate of drug-likeness (QED) is 0.911. The molecule has 2 heterocycles. The summed E-state index contributed by atoms with van der Waals surface area (Å²) < 4.78 is 5.64. The summed E-state index contributed by atoms with van der Waals surface area (Å²) in [4.78, 5) is 22.6. The number of morpholine rings is 1. The average Bonchev–Trinajstić information content (AvgIpc) is 2.36. The minimum atomic E-state index is 0.109. The molecule has 0 aromatic carbocycles. The van der Waals surface area contributed by atoms with Crippen molar-refractivity contribution in [3.63, 3.8) is 0 Å². The molecule has 6 nitrogen and oxygen atoms in total. The van der Waals surface area contributed by atoms with Crippen molar-refractivity contribution >= 4 is 11.7 Å². The van der Waals surface area contributed by atoms with Gasteiger partial charge in [0.25, 0.3) is 0 Å². The first-order valence-corrected chi connectivity index (χ1v) is 7.43. The molecule has 1 N–H and O–H groups in total. The normalized spacial score (nSPS) is 22.2. The maximum atomic E-state index is 12.2. The number of rotatable bonds is 4. The second-order valence-corrected chi connectivity index (χ2v) is 5.67. The van der Waals surface area contributed by atoms with Crippen molar-refractivity contribution in [3.8, 4) is 0 Å². The standard InChI is InChI=1S/C15H24N4O2/c1-10-7-14(18-13(4)17-10)16-6-5-15(20)19-8-11(2)21-12(3)9-19/h7,11-12H,5-6,8-9H2,1-4H3,(H,16,17,18). The van der Waals surface area contributed by atoms with E-state index in [0.29, 0.717) is 26.1 Å². The molecule has 1 amide bonds. The van der Waals surface area contributed by atoms with E-state index in [1.807, 2.05) is 38.7 Å². The smallest absolute Gasteiger partial charge is 0.224 e. The predicted octanol–water partition coefficient (Wildman–Crippen LogP) is 1.53. The summed E-state index contributed by atoms with van der Waals surface area (Å²) in [7, 11) is 0. The third kappa shape index (κ3) is 4.67. The number of anilines is 1. The topological polar surface area (TPSA) is 67.4 Å². The van der Waals surface area contributed by atoms with Crippen LogP contribution in [-0.4, -0.2) is 52.6 Å². The van der Waals surface area contributed by atoms with Gasteiger partial charge in [0.15, 0.2) is 0 Å². The highest BCUT2D eigenvalue weighted by Crippen LogP contribution is 2.12. The van der Waals surface area contributed by atoms with E-state index in [1.54, 1.807) is 0 Å². The van der Waals surface area contributed by atoms with Crippen LogP contribution in [0.1, 0.15) is 31.8 Å². The van der Waals surface area contributed by atoms with Gasteiger partial charge >= 0.3 is 0 Å². The van der Waals surface area contributed by atoms with Crippen molar-refractivity contribution in [2.45, 2.75) is 46.3 Å². The molecular formula is C15H24N4O2. The monoisotopic (exact) mass is 292 g/mol. The van der Waals surface area contributed by atoms with Gasteiger partial charge in [-0.3, -0.25) is 4.79 Å². The largest absolute Gasteiger partial charge is 0.372 e. The Balaban J connectivity index is 1.81. The summed E-state index contributed by atoms with van der Waals surface area (Å²) in [5.41, 5.74) is 0.923. The zero-order valence-electron chi connectivity index (χ0n) is 13.2. The van der Waals surface area contributed by atoms with Crippen LogP contribution in [0, 0.1) is 13.8 Å². The molecule has 0 spiro atoms. The SMILES string of the molecule is Cc1cc(NCCC(=O)N2CC(C)OC(C)C2)nc(C)n1. The first-order chi connectivity index (χ1) is 9.94. The van der Waals surface area contributed by atoms with Crippen LogP contribution in [0.3, 0.4) is 0 Å². The second-order valence-electron chi connectivity index (χ2n) is 5.67. The fourth-order valence-electron chi connectivity index (χ4n) is 2.64. The van der Waals surface area contributed by atoms with Crippen LogP contribution in [0.5, 0.6) is 0 Å². The molecule has 116 valence electrons. The van der Waals surface area contributed by atoms with E-state index in [-0.39, 0.29) is 18.1 Å². The molecule has 0 aliphatic carbocycles. The molecule has 6 heteroatoms. The van der Waals surface area contributed by atoms with Gasteiger partial charge in [-0.1, -0.05) is 0 Å². The number of carbonyl (C=O) groups excluding carboxylic acids is 1. The fourth-order valence-corrected chi connectivity index (χ4v) is 2.64. The van der Waals surface area contributed by atoms with Crippen LogP contribution in [0.15, 0.2) is 6.07 Å². The van der Waals surface area contributed by atoms with Crippen LogP contribution in [0.4, 0.5) is 5.82 Å². The summed E-state index contributed by atoms with van der Waals surface area (Å²) in [5, 5.41) is 3.19. The number of ether oxygens (including phenoxy) is 1. The number of nitrogens with one attached hydrogen (secondary N) is 1. The summed E-state index contributed by atoms with van der Waals surface area (Å²) in [5.74, 6) is 1.67. The zero-order chi connectivity index (χ0) is 15.4. The summed E-state index contributed by atoms with van der Waals surface area (Å²) in [6, 6.07) is 1.89. The van der Waals surface area contributed by atoms with Crippen molar-refractivity contribution in [3.05, 3.63) is 17.6 Å². The number of hydrogen-bond donors (Lipinski definition) is 1. The Labute approximate surface area is 125 Å². The number of hydrogen-bond acceptors (Lipinski definition) is 5. The highest BCUT2D eigenvalue weighted by Gasteiger charge is 2.25. The Morgan fingerprint density at radius 2 is 2.00 bits per heavy atom. The highest BCUT2D eigenvalue weighted by molar-refractivity contribution is 5.76. The summed E-state index contributed by atoms with van der Waals surface area (Å²) >= 11 is 0. The van der Waals surface area contributed by atoms with Crippen molar-refractivity contribution in [2.75, 3.05) is 25.0 Å². The molecule has 21 heavy (non-hydrogen) atoms. The van der Waals surface area contributed by atoms with Gasteiger partial charge in [-0.2, -0.15) is 0 Å². The number of aryl methyl sites for hydroxylation is 2. The molecule has 2 atom stereocenters. The number of nitrogens with zero attached hydrogens (tertiary/aromatic N) is 3. The maximum absolute atomic E-state index is 12.2. The van der Waals surface area contributed by atoms with Gasteiger partial charge in [0.1, 0.15) is 11.6 Å². The van der Waals surface area contributed by atoms with Gasteiger partial charge in [0.2, 0.25) is 5.91 Å². The number of aromatic nitrogens is 2. The summed E-state index contributed by atoms with van der Waals surface area (Å²) in [6.45, 7) is 9.72. The molecule has 0 saturated carbocycles. The molecule has 1 fully saturated rings. The molecule has 1 aromatic rings. The van der Waals surface area contributed by atoms with E-state index in [0.717, 1.165) is 17.3 Å². The Morgan fingerprint density at radius 3 is 2.62 bits per heavy atom. The van der Waals surface area contributed by atoms with E-state index < -0.39 is 0 Å². The molecule has 0 bridgehead atoms. The third-order valence-corrected chi connectivity index (χ3v) is 3.38. The molecule has 0 radical (unpaired) electrons. The van der Waals surface area contributed by atoms with Gasteiger partial charge < -0.3 is 15.0 Å². The number of amides is 1. The van der Waals surface area contributed by atoms with Gasteiger partial charge in [0, 0.05) is 37.8 Å². The first-order valence-electron chi connectivity index (χ1n) is 7.43. The highest BCUT2D eigenvalue weighted by atomic mass is 16.5. The lowest BCUT2D eigenvalue weighted by molar-refractivity contribution is -0.142. The fraction of sp³-hybridized carbons (Fsp3) is 0.667. The molecule has 1 aromatic heterocycles. The average molecular weight is 292 g/mol. The molecule has 2 unspecified atom stereocenters. The van der Waals surface area contributed by atoms with Crippen molar-refractivity contribution in [2.24, 2.45) is 0 Å². The maximum Gasteiger partial charge on any atom is 0.224 e. The van der Waals surface area contributed by atoms with Crippen molar-refractivity contribution in [1.29, 1.82) is 0 Å². The van der Waals surface area contributed by atoms with E-state index in [2.05, 4.69) is 15.3 Å². The Kier molecular flexibility index (Phi) is 5.12. The number of carbonyl (C=O) groups is 1. The lowest BCUT2D eigenvalue weighted by atomic mass is 10.2. The Hall–Kier alpha value is -1.69. The van der Waals surface area contributed by atoms with Crippen LogP contribution in [-0.2, 0) is 9.53 Å². The minimum Gasteiger partial charge on any atom is -0.372 e. The lowest BCUT2D eigenvalue weighted by Crippen LogP contribution is -2.48. The van der Waals surface area contributed by atoms with Gasteiger partial charge in [-0.15, -0.1) is 0 Å². The molecular weight excluding hydrogens is 268 g/mol. The molecule has 1 aliphatic heterocycles. The van der Waals surface area contributed by atoms with E-state index in [9.17, 15) is 4.79 Å². The van der Waals surface area contributed by atoms with Gasteiger partial charge in [-0.05, 0) is 27.7 Å². The van der Waals surface area contributed by atoms with Crippen LogP contribution in [0.2, 0.25) is 0 Å². The van der Waals surface area contributed by atoms with E-state index in [4.69, 9.17) is 4.74 Å². The van der Waals surface area contributed by atoms with Crippen molar-refractivity contribution < 1.29 is 9.53 Å². The van der Waals surface area contributed by atoms with Crippen LogP contribution in [0.25, 0.3) is 0 Å².